The Morgan fingerprint density at radius 2 is 1.43 bits per heavy atom. The molecular weight excluding hydrogens is 316 g/mol. The van der Waals surface area contributed by atoms with Crippen molar-refractivity contribution in [1.29, 1.82) is 0 Å². The molecule has 3 atom stereocenters. The van der Waals surface area contributed by atoms with Crippen LogP contribution in [0.1, 0.15) is 12.8 Å². The lowest BCUT2D eigenvalue weighted by Crippen LogP contribution is -2.56. The molecule has 0 rings (SSSR count). The van der Waals surface area contributed by atoms with Gasteiger partial charge in [0, 0.05) is 0 Å². The Morgan fingerprint density at radius 1 is 0.913 bits per heavy atom. The molecule has 9 N–H and O–H groups in total. The van der Waals surface area contributed by atoms with Crippen LogP contribution in [-0.4, -0.2) is 69.7 Å². The van der Waals surface area contributed by atoms with Crippen molar-refractivity contribution in [1.82, 2.24) is 10.6 Å². The fourth-order valence-corrected chi connectivity index (χ4v) is 1.43. The van der Waals surface area contributed by atoms with E-state index in [1.807, 2.05) is 10.6 Å². The summed E-state index contributed by atoms with van der Waals surface area (Å²) >= 11 is 0. The van der Waals surface area contributed by atoms with Crippen molar-refractivity contribution < 1.29 is 39.3 Å². The smallest absolute Gasteiger partial charge is 0.328 e. The number of aliphatic hydroxyl groups excluding tert-OH is 1. The third kappa shape index (κ3) is 7.73. The molecule has 0 fully saturated rings. The quantitative estimate of drug-likeness (QED) is 0.205. The minimum absolute atomic E-state index is 0.526. The van der Waals surface area contributed by atoms with Crippen LogP contribution in [0.3, 0.4) is 0 Å². The SMILES string of the molecule is NC(=O)C[C@H](N)C(=O)N[C@H](CC(=O)O)C(=O)N[C@H](CO)C(=O)O. The van der Waals surface area contributed by atoms with Crippen LogP contribution in [0.4, 0.5) is 0 Å². The molecule has 0 spiro atoms. The van der Waals surface area contributed by atoms with Gasteiger partial charge in [-0.1, -0.05) is 0 Å². The van der Waals surface area contributed by atoms with Crippen molar-refractivity contribution in [2.24, 2.45) is 11.5 Å². The van der Waals surface area contributed by atoms with E-state index in [1.165, 1.54) is 0 Å². The highest BCUT2D eigenvalue weighted by Crippen LogP contribution is 1.97. The van der Waals surface area contributed by atoms with Gasteiger partial charge < -0.3 is 37.4 Å². The van der Waals surface area contributed by atoms with Gasteiger partial charge in [-0.2, -0.15) is 0 Å². The fourth-order valence-electron chi connectivity index (χ4n) is 1.43. The highest BCUT2D eigenvalue weighted by molar-refractivity contribution is 5.95. The number of carboxylic acid groups (broad SMARTS) is 2. The summed E-state index contributed by atoms with van der Waals surface area (Å²) in [5.74, 6) is -6.04. The molecule has 12 nitrogen and oxygen atoms in total. The van der Waals surface area contributed by atoms with Gasteiger partial charge >= 0.3 is 11.9 Å². The maximum absolute atomic E-state index is 11.8. The summed E-state index contributed by atoms with van der Waals surface area (Å²) in [6, 6.07) is -4.72. The zero-order chi connectivity index (χ0) is 18.2. The van der Waals surface area contributed by atoms with Crippen LogP contribution in [0.2, 0.25) is 0 Å². The first-order chi connectivity index (χ1) is 10.6. The van der Waals surface area contributed by atoms with Crippen molar-refractivity contribution >= 4 is 29.7 Å². The van der Waals surface area contributed by atoms with Crippen LogP contribution in [0, 0.1) is 0 Å². The van der Waals surface area contributed by atoms with E-state index in [4.69, 9.17) is 26.8 Å². The van der Waals surface area contributed by atoms with Crippen molar-refractivity contribution in [3.05, 3.63) is 0 Å². The Bertz CT molecular complexity index is 494. The lowest BCUT2D eigenvalue weighted by Gasteiger charge is -2.20. The van der Waals surface area contributed by atoms with Crippen molar-refractivity contribution in [2.45, 2.75) is 31.0 Å². The molecule has 0 saturated heterocycles. The number of carbonyl (C=O) groups excluding carboxylic acids is 3. The topological polar surface area (TPSA) is 222 Å². The zero-order valence-corrected chi connectivity index (χ0v) is 11.9. The molecule has 130 valence electrons. The third-order valence-corrected chi connectivity index (χ3v) is 2.57. The Labute approximate surface area is 129 Å². The van der Waals surface area contributed by atoms with Gasteiger partial charge in [-0.05, 0) is 0 Å². The van der Waals surface area contributed by atoms with E-state index in [0.29, 0.717) is 0 Å². The molecule has 0 aromatic rings. The standard InChI is InChI=1S/C11H18N4O8/c12-4(1-7(13)17)9(20)14-5(2-8(18)19)10(21)15-6(3-16)11(22)23/h4-6,16H,1-3,12H2,(H2,13,17)(H,14,20)(H,15,21)(H,18,19)(H,22,23)/t4-,5+,6+/m0/s1. The predicted octanol–water partition coefficient (Wildman–Crippen LogP) is -4.29. The molecule has 0 aromatic heterocycles. The van der Waals surface area contributed by atoms with Crippen LogP contribution >= 0.6 is 0 Å². The molecule has 0 radical (unpaired) electrons. The van der Waals surface area contributed by atoms with E-state index in [1.54, 1.807) is 0 Å². The minimum Gasteiger partial charge on any atom is -0.481 e. The first-order valence-corrected chi connectivity index (χ1v) is 6.28. The zero-order valence-electron chi connectivity index (χ0n) is 11.9. The number of nitrogens with two attached hydrogens (primary N) is 2. The Hall–Kier alpha value is -2.73. The van der Waals surface area contributed by atoms with Crippen molar-refractivity contribution in [3.8, 4) is 0 Å². The van der Waals surface area contributed by atoms with E-state index in [9.17, 15) is 24.0 Å². The van der Waals surface area contributed by atoms with Gasteiger partial charge in [0.2, 0.25) is 17.7 Å². The molecule has 0 saturated carbocycles. The summed E-state index contributed by atoms with van der Waals surface area (Å²) < 4.78 is 0. The largest absolute Gasteiger partial charge is 0.481 e. The molecular formula is C11H18N4O8. The van der Waals surface area contributed by atoms with E-state index in [0.717, 1.165) is 0 Å². The van der Waals surface area contributed by atoms with Gasteiger partial charge in [0.15, 0.2) is 0 Å². The summed E-state index contributed by atoms with van der Waals surface area (Å²) in [6.07, 6.45) is -1.39. The number of nitrogens with one attached hydrogen (secondary N) is 2. The summed E-state index contributed by atoms with van der Waals surface area (Å²) in [7, 11) is 0. The first-order valence-electron chi connectivity index (χ1n) is 6.28. The van der Waals surface area contributed by atoms with Gasteiger partial charge in [-0.15, -0.1) is 0 Å². The molecule has 0 unspecified atom stereocenters. The average Bonchev–Trinajstić information content (AvgIpc) is 2.41. The Balaban J connectivity index is 4.96. The minimum atomic E-state index is -1.67. The molecule has 0 aromatic carbocycles. The van der Waals surface area contributed by atoms with Crippen LogP contribution < -0.4 is 22.1 Å². The van der Waals surface area contributed by atoms with Gasteiger partial charge in [0.1, 0.15) is 12.1 Å². The third-order valence-electron chi connectivity index (χ3n) is 2.57. The fraction of sp³-hybridized carbons (Fsp3) is 0.545. The number of primary amides is 1. The number of hydrogen-bond donors (Lipinski definition) is 7. The maximum Gasteiger partial charge on any atom is 0.328 e. The number of carboxylic acids is 2. The van der Waals surface area contributed by atoms with Gasteiger partial charge in [0.05, 0.1) is 25.5 Å². The number of rotatable bonds is 10. The highest BCUT2D eigenvalue weighted by Gasteiger charge is 2.29. The second-order valence-electron chi connectivity index (χ2n) is 4.52. The van der Waals surface area contributed by atoms with E-state index >= 15 is 0 Å². The molecule has 0 aliphatic rings. The number of aliphatic hydroxyl groups is 1. The van der Waals surface area contributed by atoms with Gasteiger partial charge in [0.25, 0.3) is 0 Å². The number of hydrogen-bond acceptors (Lipinski definition) is 7. The first kappa shape index (κ1) is 20.3. The average molecular weight is 334 g/mol. The van der Waals surface area contributed by atoms with Gasteiger partial charge in [-0.25, -0.2) is 4.79 Å². The second-order valence-corrected chi connectivity index (χ2v) is 4.52. The highest BCUT2D eigenvalue weighted by atomic mass is 16.4. The summed E-state index contributed by atoms with van der Waals surface area (Å²) in [5.41, 5.74) is 10.2. The van der Waals surface area contributed by atoms with Crippen LogP contribution in [-0.2, 0) is 24.0 Å². The second kappa shape index (κ2) is 9.32. The Morgan fingerprint density at radius 3 is 1.83 bits per heavy atom. The van der Waals surface area contributed by atoms with Crippen LogP contribution in [0.15, 0.2) is 0 Å². The molecule has 23 heavy (non-hydrogen) atoms. The number of carbonyl (C=O) groups is 5. The van der Waals surface area contributed by atoms with Crippen molar-refractivity contribution in [3.63, 3.8) is 0 Å². The van der Waals surface area contributed by atoms with Gasteiger partial charge in [-0.3, -0.25) is 19.2 Å². The monoisotopic (exact) mass is 334 g/mol. The normalized spacial score (nSPS) is 14.2. The predicted molar refractivity (Wildman–Crippen MR) is 72.6 cm³/mol. The van der Waals surface area contributed by atoms with E-state index < -0.39 is 67.2 Å². The van der Waals surface area contributed by atoms with Crippen molar-refractivity contribution in [2.75, 3.05) is 6.61 Å². The van der Waals surface area contributed by atoms with E-state index in [2.05, 4.69) is 0 Å². The Kier molecular flexibility index (Phi) is 8.21. The molecule has 0 aliphatic heterocycles. The molecule has 3 amide bonds. The summed E-state index contributed by atoms with van der Waals surface area (Å²) in [6.45, 7) is -0.935. The maximum atomic E-state index is 11.8. The lowest BCUT2D eigenvalue weighted by molar-refractivity contribution is -0.144. The molecule has 12 heteroatoms. The number of amides is 3. The molecule has 0 heterocycles. The molecule has 0 aliphatic carbocycles. The van der Waals surface area contributed by atoms with E-state index in [-0.39, 0.29) is 0 Å². The lowest BCUT2D eigenvalue weighted by atomic mass is 10.1. The molecule has 0 bridgehead atoms. The number of aliphatic carboxylic acids is 2. The van der Waals surface area contributed by atoms with Crippen LogP contribution in [0.5, 0.6) is 0 Å². The summed E-state index contributed by atoms with van der Waals surface area (Å²) in [5, 5.41) is 30.1. The summed E-state index contributed by atoms with van der Waals surface area (Å²) in [4.78, 5) is 55.6. The van der Waals surface area contributed by atoms with Crippen LogP contribution in [0.25, 0.3) is 0 Å².